The van der Waals surface area contributed by atoms with E-state index in [0.717, 1.165) is 0 Å². The number of carbonyl (C=O) groups is 1. The van der Waals surface area contributed by atoms with Gasteiger partial charge in [0, 0.05) is 24.0 Å². The van der Waals surface area contributed by atoms with Crippen molar-refractivity contribution in [3.8, 4) is 5.75 Å². The lowest BCUT2D eigenvalue weighted by Gasteiger charge is -2.36. The summed E-state index contributed by atoms with van der Waals surface area (Å²) in [5, 5.41) is 0.257. The summed E-state index contributed by atoms with van der Waals surface area (Å²) in [6.45, 7) is 3.12. The molecule has 20 heavy (non-hydrogen) atoms. The average Bonchev–Trinajstić information content (AvgIpc) is 2.25. The maximum Gasteiger partial charge on any atom is 0.303 e. The highest BCUT2D eigenvalue weighted by molar-refractivity contribution is 8.13. The van der Waals surface area contributed by atoms with Gasteiger partial charge in [0.1, 0.15) is 16.2 Å². The molecule has 1 heterocycles. The Morgan fingerprint density at radius 1 is 1.45 bits per heavy atom. The number of benzene rings is 1. The average molecular weight is 339 g/mol. The van der Waals surface area contributed by atoms with Gasteiger partial charge in [-0.15, -0.1) is 0 Å². The molecule has 2 rings (SSSR count). The van der Waals surface area contributed by atoms with Crippen molar-refractivity contribution in [1.82, 2.24) is 0 Å². The van der Waals surface area contributed by atoms with Gasteiger partial charge in [-0.2, -0.15) is 0 Å². The van der Waals surface area contributed by atoms with Crippen molar-refractivity contribution in [2.24, 2.45) is 0 Å². The number of ether oxygens (including phenoxy) is 2. The van der Waals surface area contributed by atoms with Crippen LogP contribution in [0, 0.1) is 0 Å². The van der Waals surface area contributed by atoms with E-state index in [1.165, 1.54) is 19.1 Å². The first-order chi connectivity index (χ1) is 9.15. The Labute approximate surface area is 126 Å². The van der Waals surface area contributed by atoms with Gasteiger partial charge >= 0.3 is 5.97 Å². The summed E-state index contributed by atoms with van der Waals surface area (Å²) < 4.78 is 33.9. The largest absolute Gasteiger partial charge is 0.491 e. The van der Waals surface area contributed by atoms with Crippen LogP contribution in [0.3, 0.4) is 0 Å². The van der Waals surface area contributed by atoms with Crippen molar-refractivity contribution in [3.63, 3.8) is 0 Å². The van der Waals surface area contributed by atoms with E-state index in [0.29, 0.717) is 12.0 Å². The van der Waals surface area contributed by atoms with E-state index in [1.807, 2.05) is 0 Å². The summed E-state index contributed by atoms with van der Waals surface area (Å²) in [6.07, 6.45) is 0.366. The third-order valence-corrected chi connectivity index (χ3v) is 4.72. The first kappa shape index (κ1) is 15.4. The molecule has 0 aromatic heterocycles. The van der Waals surface area contributed by atoms with Crippen LogP contribution in [0.1, 0.15) is 25.8 Å². The predicted molar refractivity (Wildman–Crippen MR) is 73.7 cm³/mol. The minimum atomic E-state index is -3.99. The molecule has 1 aromatic carbocycles. The second-order valence-corrected chi connectivity index (χ2v) is 7.55. The molecule has 0 saturated carbocycles. The Hall–Kier alpha value is -0.980. The molecule has 0 radical (unpaired) electrons. The molecular weight excluding hydrogens is 327 g/mol. The Morgan fingerprint density at radius 3 is 2.65 bits per heavy atom. The van der Waals surface area contributed by atoms with Gasteiger partial charge in [0.25, 0.3) is 9.05 Å². The van der Waals surface area contributed by atoms with Gasteiger partial charge in [0.2, 0.25) is 0 Å². The molecule has 0 bridgehead atoms. The fraction of sp³-hybridized carbons (Fsp3) is 0.417. The van der Waals surface area contributed by atoms with Crippen LogP contribution in [0.25, 0.3) is 0 Å². The summed E-state index contributed by atoms with van der Waals surface area (Å²) in [5.74, 6) is -0.446. The first-order valence-corrected chi connectivity index (χ1v) is 8.44. The van der Waals surface area contributed by atoms with Gasteiger partial charge in [-0.1, -0.05) is 11.6 Å². The molecule has 1 aliphatic rings. The smallest absolute Gasteiger partial charge is 0.303 e. The van der Waals surface area contributed by atoms with Crippen molar-refractivity contribution in [1.29, 1.82) is 0 Å². The number of hydrogen-bond donors (Lipinski definition) is 0. The van der Waals surface area contributed by atoms with Crippen molar-refractivity contribution in [2.75, 3.05) is 6.61 Å². The second kappa shape index (κ2) is 5.09. The van der Waals surface area contributed by atoms with Crippen LogP contribution in [0.15, 0.2) is 17.0 Å². The molecule has 0 saturated heterocycles. The van der Waals surface area contributed by atoms with Crippen LogP contribution in [0.4, 0.5) is 0 Å². The van der Waals surface area contributed by atoms with Crippen molar-refractivity contribution < 1.29 is 22.7 Å². The minimum Gasteiger partial charge on any atom is -0.491 e. The summed E-state index contributed by atoms with van der Waals surface area (Å²) in [5.41, 5.74) is -0.726. The minimum absolute atomic E-state index is 0.0440. The Kier molecular flexibility index (Phi) is 3.92. The molecule has 5 nitrogen and oxygen atoms in total. The molecule has 1 aliphatic heterocycles. The van der Waals surface area contributed by atoms with Crippen LogP contribution < -0.4 is 4.74 Å². The van der Waals surface area contributed by atoms with E-state index < -0.39 is 20.6 Å². The fourth-order valence-electron chi connectivity index (χ4n) is 2.26. The Bertz CT molecular complexity index is 671. The van der Waals surface area contributed by atoms with Gasteiger partial charge in [-0.25, -0.2) is 8.42 Å². The lowest BCUT2D eigenvalue weighted by Crippen LogP contribution is -2.35. The SMILES string of the molecule is CC(=O)OC1(C)CCOc2c(S(=O)(=O)Cl)ccc(Cl)c21. The molecule has 8 heteroatoms. The molecule has 0 N–H and O–H groups in total. The van der Waals surface area contributed by atoms with Crippen LogP contribution in [0.2, 0.25) is 5.02 Å². The molecule has 1 unspecified atom stereocenters. The monoisotopic (exact) mass is 338 g/mol. The summed E-state index contributed by atoms with van der Waals surface area (Å²) >= 11 is 6.12. The zero-order valence-electron chi connectivity index (χ0n) is 10.8. The lowest BCUT2D eigenvalue weighted by molar-refractivity contribution is -0.159. The first-order valence-electron chi connectivity index (χ1n) is 5.75. The van der Waals surface area contributed by atoms with Crippen molar-refractivity contribution in [2.45, 2.75) is 30.8 Å². The fourth-order valence-corrected chi connectivity index (χ4v) is 3.59. The second-order valence-electron chi connectivity index (χ2n) is 4.61. The van der Waals surface area contributed by atoms with E-state index in [2.05, 4.69) is 0 Å². The molecule has 0 fully saturated rings. The Morgan fingerprint density at radius 2 is 2.10 bits per heavy atom. The summed E-state index contributed by atoms with van der Waals surface area (Å²) in [7, 11) is 1.40. The molecular formula is C12H12Cl2O5S. The van der Waals surface area contributed by atoms with Crippen LogP contribution >= 0.6 is 22.3 Å². The number of esters is 1. The summed E-state index contributed by atoms with van der Waals surface area (Å²) in [6, 6.07) is 2.66. The van der Waals surface area contributed by atoms with Gasteiger partial charge < -0.3 is 9.47 Å². The van der Waals surface area contributed by atoms with Gasteiger partial charge in [0.05, 0.1) is 17.2 Å². The van der Waals surface area contributed by atoms with E-state index in [-0.39, 0.29) is 22.3 Å². The zero-order chi connectivity index (χ0) is 15.1. The lowest BCUT2D eigenvalue weighted by atomic mass is 9.89. The highest BCUT2D eigenvalue weighted by Gasteiger charge is 2.41. The van der Waals surface area contributed by atoms with E-state index in [1.54, 1.807) is 6.92 Å². The maximum absolute atomic E-state index is 11.6. The van der Waals surface area contributed by atoms with E-state index in [4.69, 9.17) is 31.8 Å². The van der Waals surface area contributed by atoms with Crippen molar-refractivity contribution >= 4 is 37.3 Å². The van der Waals surface area contributed by atoms with E-state index >= 15 is 0 Å². The summed E-state index contributed by atoms with van der Waals surface area (Å²) in [4.78, 5) is 11.1. The van der Waals surface area contributed by atoms with Crippen LogP contribution in [0.5, 0.6) is 5.75 Å². The number of halogens is 2. The van der Waals surface area contributed by atoms with Crippen molar-refractivity contribution in [3.05, 3.63) is 22.7 Å². The quantitative estimate of drug-likeness (QED) is 0.612. The topological polar surface area (TPSA) is 69.7 Å². The third-order valence-electron chi connectivity index (χ3n) is 3.06. The van der Waals surface area contributed by atoms with Gasteiger partial charge in [-0.05, 0) is 19.1 Å². The Balaban J connectivity index is 2.71. The van der Waals surface area contributed by atoms with Gasteiger partial charge in [0.15, 0.2) is 0 Å². The highest BCUT2D eigenvalue weighted by atomic mass is 35.7. The maximum atomic E-state index is 11.6. The molecule has 0 spiro atoms. The molecule has 1 atom stereocenters. The number of carbonyl (C=O) groups excluding carboxylic acids is 1. The third kappa shape index (κ3) is 2.73. The standard InChI is InChI=1S/C12H12Cl2O5S/c1-7(15)19-12(2)5-6-18-11-9(20(14,16)17)4-3-8(13)10(11)12/h3-4H,5-6H2,1-2H3. The van der Waals surface area contributed by atoms with E-state index in [9.17, 15) is 13.2 Å². The van der Waals surface area contributed by atoms with Crippen LogP contribution in [-0.2, 0) is 24.2 Å². The van der Waals surface area contributed by atoms with Gasteiger partial charge in [-0.3, -0.25) is 4.79 Å². The zero-order valence-corrected chi connectivity index (χ0v) is 13.1. The molecule has 0 amide bonds. The molecule has 0 aliphatic carbocycles. The number of fused-ring (bicyclic) bond motifs is 1. The predicted octanol–water partition coefficient (Wildman–Crippen LogP) is 2.83. The molecule has 110 valence electrons. The number of rotatable bonds is 2. The van der Waals surface area contributed by atoms with Crippen LogP contribution in [-0.4, -0.2) is 21.0 Å². The normalized spacial score (nSPS) is 21.8. The molecule has 1 aromatic rings. The highest BCUT2D eigenvalue weighted by Crippen LogP contribution is 2.47. The number of hydrogen-bond acceptors (Lipinski definition) is 5.